The van der Waals surface area contributed by atoms with Gasteiger partial charge in [-0.2, -0.15) is 0 Å². The highest BCUT2D eigenvalue weighted by Gasteiger charge is 2.13. The molecule has 5 heteroatoms. The Kier molecular flexibility index (Phi) is 4.63. The molecule has 0 aromatic rings. The molecule has 3 N–H and O–H groups in total. The van der Waals surface area contributed by atoms with E-state index in [1.165, 1.54) is 0 Å². The highest BCUT2D eigenvalue weighted by atomic mass is 32.2. The van der Waals surface area contributed by atoms with E-state index in [0.717, 1.165) is 0 Å². The first kappa shape index (κ1) is 10.9. The first-order valence-corrected chi connectivity index (χ1v) is 5.24. The first-order valence-electron chi connectivity index (χ1n) is 3.69. The summed E-state index contributed by atoms with van der Waals surface area (Å²) in [6.45, 7) is 4.24. The smallest absolute Gasteiger partial charge is 0.213 e. The summed E-state index contributed by atoms with van der Waals surface area (Å²) in [5.41, 5.74) is 5.20. The van der Waals surface area contributed by atoms with E-state index in [-0.39, 0.29) is 5.25 Å². The first-order chi connectivity index (χ1) is 5.00. The van der Waals surface area contributed by atoms with Crippen molar-refractivity contribution in [3.63, 3.8) is 0 Å². The Morgan fingerprint density at radius 3 is 2.36 bits per heavy atom. The van der Waals surface area contributed by atoms with Crippen molar-refractivity contribution < 1.29 is 8.42 Å². The van der Waals surface area contributed by atoms with Crippen LogP contribution < -0.4 is 10.5 Å². The molecule has 0 fully saturated rings. The van der Waals surface area contributed by atoms with Gasteiger partial charge in [-0.3, -0.25) is 0 Å². The predicted molar refractivity (Wildman–Crippen MR) is 45.7 cm³/mol. The van der Waals surface area contributed by atoms with Crippen LogP contribution in [-0.2, 0) is 10.0 Å². The third kappa shape index (κ3) is 4.34. The van der Waals surface area contributed by atoms with Crippen molar-refractivity contribution in [2.75, 3.05) is 13.1 Å². The fourth-order valence-corrected chi connectivity index (χ4v) is 1.25. The molecule has 0 aromatic heterocycles. The van der Waals surface area contributed by atoms with Crippen molar-refractivity contribution >= 4 is 10.0 Å². The molecule has 0 aromatic carbocycles. The van der Waals surface area contributed by atoms with Crippen LogP contribution in [0.1, 0.15) is 20.3 Å². The van der Waals surface area contributed by atoms with E-state index < -0.39 is 10.0 Å². The number of hydrogen-bond donors (Lipinski definition) is 2. The minimum Gasteiger partial charge on any atom is -0.330 e. The van der Waals surface area contributed by atoms with Crippen molar-refractivity contribution in [1.29, 1.82) is 0 Å². The van der Waals surface area contributed by atoms with E-state index in [0.29, 0.717) is 19.5 Å². The molecular weight excluding hydrogens is 164 g/mol. The zero-order valence-electron chi connectivity index (χ0n) is 7.00. The maximum atomic E-state index is 11.1. The fourth-order valence-electron chi connectivity index (χ4n) is 0.483. The molecule has 0 radical (unpaired) electrons. The number of hydrogen-bond acceptors (Lipinski definition) is 3. The standard InChI is InChI=1S/C6H16N2O2S/c1-6(2)11(9,10)8-5-3-4-7/h6,8H,3-5,7H2,1-2H3. The highest BCUT2D eigenvalue weighted by molar-refractivity contribution is 7.90. The van der Waals surface area contributed by atoms with Crippen molar-refractivity contribution in [2.45, 2.75) is 25.5 Å². The molecule has 0 unspecified atom stereocenters. The summed E-state index contributed by atoms with van der Waals surface area (Å²) >= 11 is 0. The van der Waals surface area contributed by atoms with Crippen molar-refractivity contribution in [3.8, 4) is 0 Å². The van der Waals surface area contributed by atoms with Crippen molar-refractivity contribution in [1.82, 2.24) is 4.72 Å². The summed E-state index contributed by atoms with van der Waals surface area (Å²) in [6, 6.07) is 0. The Hall–Kier alpha value is -0.130. The summed E-state index contributed by atoms with van der Waals surface area (Å²) in [4.78, 5) is 0. The Bertz CT molecular complexity index is 187. The number of nitrogens with one attached hydrogen (secondary N) is 1. The summed E-state index contributed by atoms with van der Waals surface area (Å²) in [7, 11) is -3.08. The Morgan fingerprint density at radius 1 is 1.45 bits per heavy atom. The SMILES string of the molecule is CC(C)S(=O)(=O)NCCCN. The molecule has 4 nitrogen and oxygen atoms in total. The molecule has 0 bridgehead atoms. The molecule has 0 atom stereocenters. The van der Waals surface area contributed by atoms with Gasteiger partial charge in [0.15, 0.2) is 0 Å². The maximum absolute atomic E-state index is 11.1. The van der Waals surface area contributed by atoms with Gasteiger partial charge in [0.1, 0.15) is 0 Å². The molecule has 0 saturated heterocycles. The molecule has 68 valence electrons. The lowest BCUT2D eigenvalue weighted by atomic mass is 10.4. The molecular formula is C6H16N2O2S. The lowest BCUT2D eigenvalue weighted by molar-refractivity contribution is 0.570. The summed E-state index contributed by atoms with van der Waals surface area (Å²) < 4.78 is 24.6. The monoisotopic (exact) mass is 180 g/mol. The molecule has 0 aliphatic heterocycles. The average molecular weight is 180 g/mol. The molecule has 11 heavy (non-hydrogen) atoms. The van der Waals surface area contributed by atoms with Gasteiger partial charge in [-0.25, -0.2) is 13.1 Å². The van der Waals surface area contributed by atoms with Crippen LogP contribution in [0, 0.1) is 0 Å². The second-order valence-electron chi connectivity index (χ2n) is 2.63. The molecule has 0 aliphatic rings. The van der Waals surface area contributed by atoms with Crippen LogP contribution in [-0.4, -0.2) is 26.8 Å². The van der Waals surface area contributed by atoms with Crippen LogP contribution in [0.4, 0.5) is 0 Å². The number of nitrogens with two attached hydrogens (primary N) is 1. The van der Waals surface area contributed by atoms with Gasteiger partial charge >= 0.3 is 0 Å². The van der Waals surface area contributed by atoms with Gasteiger partial charge in [-0.1, -0.05) is 0 Å². The highest BCUT2D eigenvalue weighted by Crippen LogP contribution is 1.94. The molecule has 0 rings (SSSR count). The maximum Gasteiger partial charge on any atom is 0.213 e. The van der Waals surface area contributed by atoms with Crippen molar-refractivity contribution in [3.05, 3.63) is 0 Å². The Morgan fingerprint density at radius 2 is 2.00 bits per heavy atom. The van der Waals surface area contributed by atoms with E-state index in [2.05, 4.69) is 4.72 Å². The second kappa shape index (κ2) is 4.69. The summed E-state index contributed by atoms with van der Waals surface area (Å²) in [5, 5.41) is -0.361. The van der Waals surface area contributed by atoms with Crippen molar-refractivity contribution in [2.24, 2.45) is 5.73 Å². The van der Waals surface area contributed by atoms with Crippen LogP contribution in [0.5, 0.6) is 0 Å². The van der Waals surface area contributed by atoms with Gasteiger partial charge < -0.3 is 5.73 Å². The second-order valence-corrected chi connectivity index (χ2v) is 4.95. The van der Waals surface area contributed by atoms with Crippen LogP contribution >= 0.6 is 0 Å². The minimum absolute atomic E-state index is 0.361. The van der Waals surface area contributed by atoms with Gasteiger partial charge in [0.25, 0.3) is 0 Å². The summed E-state index contributed by atoms with van der Waals surface area (Å²) in [6.07, 6.45) is 0.686. The zero-order chi connectivity index (χ0) is 8.91. The van der Waals surface area contributed by atoms with E-state index in [1.54, 1.807) is 13.8 Å². The lowest BCUT2D eigenvalue weighted by Crippen LogP contribution is -2.32. The number of sulfonamides is 1. The molecule has 0 saturated carbocycles. The van der Waals surface area contributed by atoms with Crippen LogP contribution in [0.3, 0.4) is 0 Å². The van der Waals surface area contributed by atoms with E-state index in [4.69, 9.17) is 5.73 Å². The van der Waals surface area contributed by atoms with Crippen LogP contribution in [0.2, 0.25) is 0 Å². The van der Waals surface area contributed by atoms with Gasteiger partial charge in [0.2, 0.25) is 10.0 Å². The fraction of sp³-hybridized carbons (Fsp3) is 1.00. The molecule has 0 heterocycles. The predicted octanol–water partition coefficient (Wildman–Crippen LogP) is -0.337. The summed E-state index contributed by atoms with van der Waals surface area (Å²) in [5.74, 6) is 0. The third-order valence-electron chi connectivity index (χ3n) is 1.30. The molecule has 0 aliphatic carbocycles. The topological polar surface area (TPSA) is 72.2 Å². The molecule has 0 spiro atoms. The van der Waals surface area contributed by atoms with Crippen LogP contribution in [0.25, 0.3) is 0 Å². The lowest BCUT2D eigenvalue weighted by Gasteiger charge is -2.07. The third-order valence-corrected chi connectivity index (χ3v) is 3.15. The van der Waals surface area contributed by atoms with E-state index in [9.17, 15) is 8.42 Å². The minimum atomic E-state index is -3.08. The van der Waals surface area contributed by atoms with E-state index >= 15 is 0 Å². The quantitative estimate of drug-likeness (QED) is 0.569. The van der Waals surface area contributed by atoms with Crippen LogP contribution in [0.15, 0.2) is 0 Å². The van der Waals surface area contributed by atoms with Gasteiger partial charge in [0.05, 0.1) is 5.25 Å². The zero-order valence-corrected chi connectivity index (χ0v) is 7.82. The number of rotatable bonds is 5. The normalized spacial score (nSPS) is 12.4. The Labute approximate surface area is 68.2 Å². The van der Waals surface area contributed by atoms with E-state index in [1.807, 2.05) is 0 Å². The largest absolute Gasteiger partial charge is 0.330 e. The average Bonchev–Trinajstić information content (AvgIpc) is 1.88. The van der Waals surface area contributed by atoms with Gasteiger partial charge in [0, 0.05) is 6.54 Å². The van der Waals surface area contributed by atoms with Gasteiger partial charge in [-0.15, -0.1) is 0 Å². The Balaban J connectivity index is 3.75. The van der Waals surface area contributed by atoms with Gasteiger partial charge in [-0.05, 0) is 26.8 Å². The molecule has 0 amide bonds.